The summed E-state index contributed by atoms with van der Waals surface area (Å²) in [7, 11) is 0. The smallest absolute Gasteiger partial charge is 0.308 e. The Hall–Kier alpha value is -2.82. The van der Waals surface area contributed by atoms with Gasteiger partial charge in [-0.05, 0) is 19.3 Å². The molecule has 2 heterocycles. The van der Waals surface area contributed by atoms with Crippen LogP contribution in [0.2, 0.25) is 0 Å². The quantitative estimate of drug-likeness (QED) is 0.741. The maximum atomic E-state index is 13.2. The summed E-state index contributed by atoms with van der Waals surface area (Å²) in [4.78, 5) is 23.8. The molecule has 138 valence electrons. The molecule has 4 fully saturated rings. The van der Waals surface area contributed by atoms with Crippen LogP contribution in [0.4, 0.5) is 23.7 Å². The zero-order valence-electron chi connectivity index (χ0n) is 14.2. The third-order valence-electron chi connectivity index (χ3n) is 6.31. The summed E-state index contributed by atoms with van der Waals surface area (Å²) in [5.41, 5.74) is -1.85. The third kappa shape index (κ3) is 1.94. The molecule has 1 saturated heterocycles. The second-order valence-electron chi connectivity index (χ2n) is 7.79. The highest BCUT2D eigenvalue weighted by Gasteiger charge is 2.81. The van der Waals surface area contributed by atoms with Crippen molar-refractivity contribution in [3.63, 3.8) is 0 Å². The summed E-state index contributed by atoms with van der Waals surface area (Å²) in [6.07, 6.45) is -1.93. The highest BCUT2D eigenvalue weighted by Crippen LogP contribution is 2.75. The van der Waals surface area contributed by atoms with Gasteiger partial charge in [0.2, 0.25) is 0 Å². The summed E-state index contributed by atoms with van der Waals surface area (Å²) >= 11 is 0. The molecule has 2 aromatic rings. The van der Waals surface area contributed by atoms with Gasteiger partial charge in [-0.15, -0.1) is 0 Å². The molecule has 5 nitrogen and oxygen atoms in total. The van der Waals surface area contributed by atoms with Crippen LogP contribution >= 0.6 is 0 Å². The molecule has 0 radical (unpaired) electrons. The Labute approximate surface area is 153 Å². The van der Waals surface area contributed by atoms with E-state index < -0.39 is 29.3 Å². The number of pyridine rings is 1. The minimum Gasteiger partial charge on any atom is -0.308 e. The number of hydrogen-bond acceptors (Lipinski definition) is 2. The fraction of sp³-hybridized carbons (Fsp3) is 0.421. The van der Waals surface area contributed by atoms with Gasteiger partial charge in [0, 0.05) is 22.5 Å². The average Bonchev–Trinajstić information content (AvgIpc) is 2.87. The number of nitrogens with zero attached hydrogens (tertiary/aromatic N) is 4. The van der Waals surface area contributed by atoms with Gasteiger partial charge in [0.05, 0.1) is 17.3 Å². The molecule has 0 spiro atoms. The van der Waals surface area contributed by atoms with Gasteiger partial charge >= 0.3 is 18.4 Å². The zero-order chi connectivity index (χ0) is 19.0. The number of fused-ring (bicyclic) bond motifs is 1. The minimum absolute atomic E-state index is 0.0540. The second kappa shape index (κ2) is 4.91. The standard InChI is InChI=1S/C19H15F3N4O/c1-23-15-8-25(18-9-17(10-18,11-18)19(20,21)22)16(27)26(15)14-7-24-6-12-4-2-3-5-13(12)14/h2-7,15H,8-11H2/t15-,17?,18?/m1/s1. The van der Waals surface area contributed by atoms with Crippen molar-refractivity contribution < 1.29 is 18.0 Å². The van der Waals surface area contributed by atoms with Crippen LogP contribution in [-0.4, -0.2) is 40.3 Å². The molecular formula is C19H15F3N4O. The Morgan fingerprint density at radius 2 is 1.89 bits per heavy atom. The molecule has 1 aromatic carbocycles. The summed E-state index contributed by atoms with van der Waals surface area (Å²) in [5.74, 6) is 0. The highest BCUT2D eigenvalue weighted by atomic mass is 19.4. The molecule has 2 bridgehead atoms. The first-order valence-electron chi connectivity index (χ1n) is 8.67. The lowest BCUT2D eigenvalue weighted by Crippen LogP contribution is -2.79. The normalized spacial score (nSPS) is 32.2. The number of urea groups is 1. The Morgan fingerprint density at radius 1 is 1.19 bits per heavy atom. The topological polar surface area (TPSA) is 40.8 Å². The molecule has 0 N–H and O–H groups in total. The summed E-state index contributed by atoms with van der Waals surface area (Å²) in [5, 5.41) is 1.63. The van der Waals surface area contributed by atoms with Crippen LogP contribution in [0.25, 0.3) is 15.6 Å². The second-order valence-corrected chi connectivity index (χ2v) is 7.79. The van der Waals surface area contributed by atoms with Crippen molar-refractivity contribution in [3.8, 4) is 0 Å². The monoisotopic (exact) mass is 372 g/mol. The van der Waals surface area contributed by atoms with Gasteiger partial charge in [-0.25, -0.2) is 16.3 Å². The number of carbonyl (C=O) groups is 1. The van der Waals surface area contributed by atoms with Gasteiger partial charge in [0.25, 0.3) is 0 Å². The lowest BCUT2D eigenvalue weighted by molar-refractivity contribution is -0.354. The molecule has 1 atom stereocenters. The van der Waals surface area contributed by atoms with Gasteiger partial charge in [-0.3, -0.25) is 9.83 Å². The lowest BCUT2D eigenvalue weighted by Gasteiger charge is -2.72. The van der Waals surface area contributed by atoms with E-state index in [-0.39, 0.29) is 25.8 Å². The van der Waals surface area contributed by atoms with E-state index in [4.69, 9.17) is 6.57 Å². The first kappa shape index (κ1) is 16.4. The van der Waals surface area contributed by atoms with Crippen molar-refractivity contribution in [2.75, 3.05) is 11.4 Å². The lowest BCUT2D eigenvalue weighted by atomic mass is 9.38. The van der Waals surface area contributed by atoms with E-state index in [0.29, 0.717) is 5.69 Å². The van der Waals surface area contributed by atoms with Gasteiger partial charge in [0.15, 0.2) is 0 Å². The van der Waals surface area contributed by atoms with E-state index in [2.05, 4.69) is 9.83 Å². The Balaban J connectivity index is 1.49. The van der Waals surface area contributed by atoms with E-state index in [9.17, 15) is 18.0 Å². The van der Waals surface area contributed by atoms with Crippen molar-refractivity contribution in [2.24, 2.45) is 5.41 Å². The molecule has 8 heteroatoms. The number of amides is 2. The van der Waals surface area contributed by atoms with Crippen molar-refractivity contribution in [2.45, 2.75) is 37.1 Å². The number of halogens is 3. The van der Waals surface area contributed by atoms with Crippen LogP contribution in [0.5, 0.6) is 0 Å². The molecule has 1 aliphatic heterocycles. The maximum absolute atomic E-state index is 13.2. The van der Waals surface area contributed by atoms with Crippen LogP contribution < -0.4 is 4.90 Å². The molecule has 3 aliphatic carbocycles. The van der Waals surface area contributed by atoms with Crippen LogP contribution in [0.15, 0.2) is 36.7 Å². The molecule has 4 aliphatic rings. The van der Waals surface area contributed by atoms with Crippen LogP contribution in [0.3, 0.4) is 0 Å². The summed E-state index contributed by atoms with van der Waals surface area (Å²) in [6.45, 7) is 7.63. The van der Waals surface area contributed by atoms with E-state index in [1.165, 1.54) is 9.80 Å². The van der Waals surface area contributed by atoms with Gasteiger partial charge < -0.3 is 4.90 Å². The third-order valence-corrected chi connectivity index (χ3v) is 6.31. The molecule has 3 saturated carbocycles. The Morgan fingerprint density at radius 3 is 2.56 bits per heavy atom. The van der Waals surface area contributed by atoms with Crippen LogP contribution in [0, 0.1) is 12.0 Å². The molecule has 6 rings (SSSR count). The number of carbonyl (C=O) groups excluding carboxylic acids is 1. The van der Waals surface area contributed by atoms with E-state index in [0.717, 1.165) is 10.8 Å². The van der Waals surface area contributed by atoms with Crippen molar-refractivity contribution >= 4 is 22.5 Å². The van der Waals surface area contributed by atoms with Gasteiger partial charge in [0.1, 0.15) is 6.54 Å². The van der Waals surface area contributed by atoms with E-state index >= 15 is 0 Å². The van der Waals surface area contributed by atoms with Crippen LogP contribution in [-0.2, 0) is 0 Å². The number of alkyl halides is 3. The number of aromatic nitrogens is 1. The average molecular weight is 372 g/mol. The van der Waals surface area contributed by atoms with Crippen molar-refractivity contribution in [1.82, 2.24) is 9.88 Å². The van der Waals surface area contributed by atoms with E-state index in [1.54, 1.807) is 12.4 Å². The van der Waals surface area contributed by atoms with Gasteiger partial charge in [-0.2, -0.15) is 13.2 Å². The number of hydrogen-bond donors (Lipinski definition) is 0. The number of anilines is 1. The predicted octanol–water partition coefficient (Wildman–Crippen LogP) is 4.21. The predicted molar refractivity (Wildman–Crippen MR) is 91.8 cm³/mol. The molecule has 2 amide bonds. The van der Waals surface area contributed by atoms with E-state index in [1.807, 2.05) is 24.3 Å². The summed E-state index contributed by atoms with van der Waals surface area (Å²) in [6, 6.07) is 7.01. The Bertz CT molecular complexity index is 987. The first-order valence-corrected chi connectivity index (χ1v) is 8.67. The van der Waals surface area contributed by atoms with Crippen molar-refractivity contribution in [1.29, 1.82) is 0 Å². The highest BCUT2D eigenvalue weighted by molar-refractivity contribution is 6.04. The van der Waals surface area contributed by atoms with Gasteiger partial charge in [-0.1, -0.05) is 24.3 Å². The SMILES string of the molecule is [C-]#[N+][C@H]1CN(C23CC(C(F)(F)F)(C2)C3)C(=O)N1c1cncc2ccccc12. The number of rotatable bonds is 2. The van der Waals surface area contributed by atoms with Crippen LogP contribution in [0.1, 0.15) is 19.3 Å². The molecular weight excluding hydrogens is 357 g/mol. The largest absolute Gasteiger partial charge is 0.394 e. The molecule has 27 heavy (non-hydrogen) atoms. The zero-order valence-corrected chi connectivity index (χ0v) is 14.2. The maximum Gasteiger partial charge on any atom is 0.394 e. The summed E-state index contributed by atoms with van der Waals surface area (Å²) < 4.78 is 39.5. The minimum atomic E-state index is -4.23. The molecule has 0 unspecified atom stereocenters. The fourth-order valence-electron chi connectivity index (χ4n) is 4.95. The first-order chi connectivity index (χ1) is 12.8. The number of benzene rings is 1. The fourth-order valence-corrected chi connectivity index (χ4v) is 4.95. The Kier molecular flexibility index (Phi) is 2.98. The molecule has 1 aromatic heterocycles. The van der Waals surface area contributed by atoms with Crippen molar-refractivity contribution in [3.05, 3.63) is 48.1 Å².